The van der Waals surface area contributed by atoms with Crippen molar-refractivity contribution < 1.29 is 14.4 Å². The van der Waals surface area contributed by atoms with Crippen molar-refractivity contribution in [3.05, 3.63) is 39.2 Å². The highest BCUT2D eigenvalue weighted by molar-refractivity contribution is 7.98. The van der Waals surface area contributed by atoms with Crippen molar-refractivity contribution in [2.75, 3.05) is 6.79 Å². The summed E-state index contributed by atoms with van der Waals surface area (Å²) in [4.78, 5) is 15.1. The fourth-order valence-electron chi connectivity index (χ4n) is 2.50. The van der Waals surface area contributed by atoms with E-state index in [0.717, 1.165) is 24.2 Å². The Morgan fingerprint density at radius 3 is 3.09 bits per heavy atom. The third kappa shape index (κ3) is 3.02. The first kappa shape index (κ1) is 14.5. The van der Waals surface area contributed by atoms with E-state index < -0.39 is 4.92 Å². The molecule has 1 saturated carbocycles. The zero-order chi connectivity index (χ0) is 15.8. The van der Waals surface area contributed by atoms with Crippen LogP contribution in [0.3, 0.4) is 0 Å². The summed E-state index contributed by atoms with van der Waals surface area (Å²) in [6, 6.07) is 3.05. The van der Waals surface area contributed by atoms with Gasteiger partial charge in [-0.1, -0.05) is 11.8 Å². The summed E-state index contributed by atoms with van der Waals surface area (Å²) in [6.45, 7) is 0.482. The van der Waals surface area contributed by atoms with Crippen LogP contribution in [0.4, 0.5) is 5.69 Å². The normalized spacial score (nSPS) is 16.7. The molecule has 0 radical (unpaired) electrons. The Labute approximate surface area is 135 Å². The molecule has 4 rings (SSSR count). The molecule has 1 aliphatic carbocycles. The summed E-state index contributed by atoms with van der Waals surface area (Å²) < 4.78 is 10.7. The Hall–Kier alpha value is -2.13. The number of non-ortho nitro benzene ring substituents is 1. The van der Waals surface area contributed by atoms with Gasteiger partial charge < -0.3 is 9.47 Å². The van der Waals surface area contributed by atoms with E-state index in [1.54, 1.807) is 6.07 Å². The minimum atomic E-state index is -0.402. The van der Waals surface area contributed by atoms with Gasteiger partial charge in [0, 0.05) is 34.9 Å². The lowest BCUT2D eigenvalue weighted by atomic mass is 10.1. The second-order valence-corrected chi connectivity index (χ2v) is 6.47. The van der Waals surface area contributed by atoms with Crippen molar-refractivity contribution in [3.63, 3.8) is 0 Å². The Bertz CT molecular complexity index is 759. The fraction of sp³-hybridized carbons (Fsp3) is 0.429. The van der Waals surface area contributed by atoms with E-state index in [-0.39, 0.29) is 12.5 Å². The van der Waals surface area contributed by atoms with Crippen LogP contribution in [0.1, 0.15) is 35.7 Å². The molecule has 1 aromatic carbocycles. The Morgan fingerprint density at radius 1 is 1.43 bits per heavy atom. The maximum atomic E-state index is 11.1. The van der Waals surface area contributed by atoms with E-state index in [1.807, 2.05) is 0 Å². The van der Waals surface area contributed by atoms with Crippen molar-refractivity contribution in [2.24, 2.45) is 0 Å². The molecule has 2 aromatic rings. The molecule has 1 N–H and O–H groups in total. The van der Waals surface area contributed by atoms with Crippen molar-refractivity contribution in [3.8, 4) is 5.75 Å². The van der Waals surface area contributed by atoms with Crippen LogP contribution in [0.2, 0.25) is 0 Å². The third-order valence-electron chi connectivity index (χ3n) is 3.79. The van der Waals surface area contributed by atoms with E-state index in [1.165, 1.54) is 17.8 Å². The van der Waals surface area contributed by atoms with Crippen molar-refractivity contribution in [1.29, 1.82) is 0 Å². The fourth-order valence-corrected chi connectivity index (χ4v) is 3.27. The van der Waals surface area contributed by atoms with Crippen LogP contribution in [0.15, 0.2) is 17.3 Å². The van der Waals surface area contributed by atoms with E-state index in [2.05, 4.69) is 15.2 Å². The predicted molar refractivity (Wildman–Crippen MR) is 81.3 cm³/mol. The zero-order valence-corrected chi connectivity index (χ0v) is 13.0. The van der Waals surface area contributed by atoms with E-state index in [9.17, 15) is 10.1 Å². The van der Waals surface area contributed by atoms with Gasteiger partial charge >= 0.3 is 0 Å². The highest BCUT2D eigenvalue weighted by atomic mass is 32.2. The summed E-state index contributed by atoms with van der Waals surface area (Å²) in [5, 5.41) is 18.9. The molecular formula is C14H14N4O4S. The lowest BCUT2D eigenvalue weighted by molar-refractivity contribution is -0.385. The van der Waals surface area contributed by atoms with Gasteiger partial charge in [0.15, 0.2) is 6.79 Å². The molecule has 120 valence electrons. The lowest BCUT2D eigenvalue weighted by Crippen LogP contribution is -2.13. The molecule has 1 aliphatic heterocycles. The molecule has 8 nitrogen and oxygen atoms in total. The van der Waals surface area contributed by atoms with Gasteiger partial charge in [-0.05, 0) is 12.8 Å². The first-order valence-corrected chi connectivity index (χ1v) is 8.25. The molecule has 9 heteroatoms. The molecule has 0 atom stereocenters. The van der Waals surface area contributed by atoms with Gasteiger partial charge in [0.2, 0.25) is 5.16 Å². The predicted octanol–water partition coefficient (Wildman–Crippen LogP) is 2.75. The molecule has 0 unspecified atom stereocenters. The molecule has 0 amide bonds. The van der Waals surface area contributed by atoms with Crippen LogP contribution in [0, 0.1) is 10.1 Å². The first-order chi connectivity index (χ1) is 11.2. The number of nitrogens with one attached hydrogen (secondary N) is 1. The van der Waals surface area contributed by atoms with Crippen molar-refractivity contribution in [2.45, 2.75) is 36.3 Å². The van der Waals surface area contributed by atoms with Crippen LogP contribution in [-0.2, 0) is 17.1 Å². The minimum Gasteiger partial charge on any atom is -0.467 e. The van der Waals surface area contributed by atoms with Gasteiger partial charge in [0.25, 0.3) is 5.69 Å². The van der Waals surface area contributed by atoms with Gasteiger partial charge in [-0.15, -0.1) is 5.10 Å². The van der Waals surface area contributed by atoms with Gasteiger partial charge in [-0.2, -0.15) is 0 Å². The van der Waals surface area contributed by atoms with Crippen molar-refractivity contribution in [1.82, 2.24) is 15.2 Å². The summed E-state index contributed by atoms with van der Waals surface area (Å²) in [7, 11) is 0. The Balaban J connectivity index is 1.56. The summed E-state index contributed by atoms with van der Waals surface area (Å²) >= 11 is 1.44. The molecule has 0 spiro atoms. The minimum absolute atomic E-state index is 0.0436. The number of nitrogens with zero attached hydrogens (tertiary/aromatic N) is 3. The number of thioether (sulfide) groups is 1. The number of aromatic nitrogens is 3. The van der Waals surface area contributed by atoms with Gasteiger partial charge in [-0.3, -0.25) is 15.2 Å². The topological polar surface area (TPSA) is 103 Å². The highest BCUT2D eigenvalue weighted by Crippen LogP contribution is 2.39. The number of fused-ring (bicyclic) bond motifs is 1. The molecule has 0 saturated heterocycles. The number of ether oxygens (including phenoxy) is 2. The van der Waals surface area contributed by atoms with E-state index in [0.29, 0.717) is 34.7 Å². The second kappa shape index (κ2) is 5.82. The molecular weight excluding hydrogens is 320 g/mol. The first-order valence-electron chi connectivity index (χ1n) is 7.26. The maximum Gasteiger partial charge on any atom is 0.270 e. The number of benzene rings is 1. The molecule has 2 heterocycles. The number of H-pyrrole nitrogens is 1. The highest BCUT2D eigenvalue weighted by Gasteiger charge is 2.27. The molecule has 2 aliphatic rings. The number of rotatable bonds is 5. The SMILES string of the molecule is O=[N+]([O-])c1cc2c(c(CSc3n[nH]c(C4CC4)n3)c1)OCOC2. The average molecular weight is 334 g/mol. The van der Waals surface area contributed by atoms with Crippen LogP contribution in [0.5, 0.6) is 5.75 Å². The molecule has 0 bridgehead atoms. The van der Waals surface area contributed by atoms with E-state index in [4.69, 9.17) is 9.47 Å². The van der Waals surface area contributed by atoms with Crippen LogP contribution in [-0.4, -0.2) is 26.9 Å². The van der Waals surface area contributed by atoms with Gasteiger partial charge in [0.1, 0.15) is 11.6 Å². The molecule has 1 aromatic heterocycles. The molecule has 1 fully saturated rings. The quantitative estimate of drug-likeness (QED) is 0.509. The standard InChI is InChI=1S/C14H14N4O4S/c19-18(20)11-3-9-5-21-7-22-12(9)10(4-11)6-23-14-15-13(16-17-14)8-1-2-8/h3-4,8H,1-2,5-7H2,(H,15,16,17). The number of nitro benzene ring substituents is 1. The van der Waals surface area contributed by atoms with E-state index >= 15 is 0 Å². The lowest BCUT2D eigenvalue weighted by Gasteiger charge is -2.20. The summed E-state index contributed by atoms with van der Waals surface area (Å²) in [6.07, 6.45) is 2.32. The Kier molecular flexibility index (Phi) is 3.66. The largest absolute Gasteiger partial charge is 0.467 e. The average Bonchev–Trinajstić information content (AvgIpc) is 3.31. The second-order valence-electron chi connectivity index (χ2n) is 5.53. The number of hydrogen-bond acceptors (Lipinski definition) is 7. The number of aromatic amines is 1. The monoisotopic (exact) mass is 334 g/mol. The zero-order valence-electron chi connectivity index (χ0n) is 12.2. The summed E-state index contributed by atoms with van der Waals surface area (Å²) in [5.74, 6) is 2.62. The van der Waals surface area contributed by atoms with Crippen LogP contribution in [0.25, 0.3) is 0 Å². The summed E-state index contributed by atoms with van der Waals surface area (Å²) in [5.41, 5.74) is 1.51. The van der Waals surface area contributed by atoms with Crippen LogP contribution < -0.4 is 4.74 Å². The number of hydrogen-bond donors (Lipinski definition) is 1. The maximum absolute atomic E-state index is 11.1. The van der Waals surface area contributed by atoms with Crippen LogP contribution >= 0.6 is 11.8 Å². The van der Waals surface area contributed by atoms with Gasteiger partial charge in [0.05, 0.1) is 11.5 Å². The number of nitro groups is 1. The third-order valence-corrected chi connectivity index (χ3v) is 4.68. The smallest absolute Gasteiger partial charge is 0.270 e. The van der Waals surface area contributed by atoms with Crippen molar-refractivity contribution >= 4 is 17.4 Å². The molecule has 23 heavy (non-hydrogen) atoms. The van der Waals surface area contributed by atoms with Gasteiger partial charge in [-0.25, -0.2) is 4.98 Å². The Morgan fingerprint density at radius 2 is 2.30 bits per heavy atom.